The van der Waals surface area contributed by atoms with Crippen molar-refractivity contribution in [2.45, 2.75) is 27.0 Å². The van der Waals surface area contributed by atoms with E-state index in [0.29, 0.717) is 24.2 Å². The molecule has 18 heavy (non-hydrogen) atoms. The number of rotatable bonds is 5. The summed E-state index contributed by atoms with van der Waals surface area (Å²) >= 11 is 0. The van der Waals surface area contributed by atoms with Gasteiger partial charge in [0.25, 0.3) is 0 Å². The minimum atomic E-state index is 0.282. The van der Waals surface area contributed by atoms with E-state index in [9.17, 15) is 4.79 Å². The maximum absolute atomic E-state index is 10.8. The molecule has 0 amide bonds. The molecule has 0 atom stereocenters. The predicted octanol–water partition coefficient (Wildman–Crippen LogP) is 0.890. The summed E-state index contributed by atoms with van der Waals surface area (Å²) < 4.78 is 11.8. The molecule has 7 nitrogen and oxygen atoms in total. The van der Waals surface area contributed by atoms with Crippen LogP contribution in [-0.4, -0.2) is 33.5 Å². The summed E-state index contributed by atoms with van der Waals surface area (Å²) in [4.78, 5) is 10.8. The molecule has 2 aromatic rings. The van der Waals surface area contributed by atoms with Gasteiger partial charge >= 0.3 is 0 Å². The smallest absolute Gasteiger partial charge is 0.172 e. The van der Waals surface area contributed by atoms with Crippen molar-refractivity contribution in [3.8, 4) is 0 Å². The van der Waals surface area contributed by atoms with Crippen LogP contribution in [0.15, 0.2) is 4.52 Å². The lowest BCUT2D eigenvalue weighted by molar-refractivity contribution is 0.111. The molecule has 0 aliphatic carbocycles. The Bertz CT molecular complexity index is 539. The molecule has 0 aliphatic heterocycles. The second-order valence-electron chi connectivity index (χ2n) is 3.93. The third-order valence-electron chi connectivity index (χ3n) is 2.75. The molecule has 0 fully saturated rings. The SMILES string of the molecule is COCc1c(C=O)nnn1Cc1c(C)noc1C. The van der Waals surface area contributed by atoms with Crippen molar-refractivity contribution in [1.29, 1.82) is 0 Å². The summed E-state index contributed by atoms with van der Waals surface area (Å²) in [6.45, 7) is 4.44. The van der Waals surface area contributed by atoms with E-state index < -0.39 is 0 Å². The third kappa shape index (κ3) is 2.17. The van der Waals surface area contributed by atoms with Crippen molar-refractivity contribution in [1.82, 2.24) is 20.2 Å². The number of aryl methyl sites for hydroxylation is 2. The van der Waals surface area contributed by atoms with Crippen molar-refractivity contribution in [3.05, 3.63) is 28.4 Å². The molecule has 0 aliphatic rings. The zero-order valence-corrected chi connectivity index (χ0v) is 10.5. The molecule has 0 N–H and O–H groups in total. The number of ether oxygens (including phenoxy) is 1. The Morgan fingerprint density at radius 1 is 1.44 bits per heavy atom. The highest BCUT2D eigenvalue weighted by Crippen LogP contribution is 2.15. The number of methoxy groups -OCH3 is 1. The topological polar surface area (TPSA) is 83.0 Å². The fourth-order valence-corrected chi connectivity index (χ4v) is 1.73. The van der Waals surface area contributed by atoms with E-state index in [0.717, 1.165) is 17.0 Å². The lowest BCUT2D eigenvalue weighted by atomic mass is 10.2. The van der Waals surface area contributed by atoms with Crippen LogP contribution in [0.4, 0.5) is 0 Å². The van der Waals surface area contributed by atoms with Crippen molar-refractivity contribution in [2.24, 2.45) is 0 Å². The summed E-state index contributed by atoms with van der Waals surface area (Å²) in [5.74, 6) is 0.735. The van der Waals surface area contributed by atoms with Crippen LogP contribution in [0, 0.1) is 13.8 Å². The van der Waals surface area contributed by atoms with Crippen LogP contribution in [0.3, 0.4) is 0 Å². The van der Waals surface area contributed by atoms with Gasteiger partial charge in [0.1, 0.15) is 5.76 Å². The molecule has 2 rings (SSSR count). The molecule has 2 aromatic heterocycles. The van der Waals surface area contributed by atoms with E-state index in [1.807, 2.05) is 13.8 Å². The lowest BCUT2D eigenvalue weighted by Gasteiger charge is -2.05. The molecule has 96 valence electrons. The van der Waals surface area contributed by atoms with Gasteiger partial charge in [-0.05, 0) is 13.8 Å². The number of hydrogen-bond acceptors (Lipinski definition) is 6. The minimum Gasteiger partial charge on any atom is -0.378 e. The summed E-state index contributed by atoms with van der Waals surface area (Å²) in [7, 11) is 1.56. The van der Waals surface area contributed by atoms with Gasteiger partial charge in [-0.3, -0.25) is 4.79 Å². The largest absolute Gasteiger partial charge is 0.378 e. The standard InChI is InChI=1S/C11H14N4O3/c1-7-9(8(2)18-13-7)4-15-11(6-17-3)10(5-16)12-14-15/h5H,4,6H2,1-3H3. The van der Waals surface area contributed by atoms with Crippen molar-refractivity contribution < 1.29 is 14.1 Å². The van der Waals surface area contributed by atoms with Crippen LogP contribution in [0.2, 0.25) is 0 Å². The highest BCUT2D eigenvalue weighted by molar-refractivity contribution is 5.73. The second kappa shape index (κ2) is 5.09. The summed E-state index contributed by atoms with van der Waals surface area (Å²) in [5.41, 5.74) is 2.69. The lowest BCUT2D eigenvalue weighted by Crippen LogP contribution is -2.09. The molecule has 0 saturated carbocycles. The van der Waals surface area contributed by atoms with Crippen LogP contribution in [0.5, 0.6) is 0 Å². The first-order valence-corrected chi connectivity index (χ1v) is 5.45. The Kier molecular flexibility index (Phi) is 3.52. The van der Waals surface area contributed by atoms with Crippen molar-refractivity contribution in [2.75, 3.05) is 7.11 Å². The van der Waals surface area contributed by atoms with Gasteiger partial charge in [-0.25, -0.2) is 4.68 Å². The molecule has 0 bridgehead atoms. The van der Waals surface area contributed by atoms with Gasteiger partial charge in [-0.2, -0.15) is 0 Å². The van der Waals surface area contributed by atoms with E-state index >= 15 is 0 Å². The van der Waals surface area contributed by atoms with E-state index in [2.05, 4.69) is 15.5 Å². The number of aldehydes is 1. The second-order valence-corrected chi connectivity index (χ2v) is 3.93. The maximum Gasteiger partial charge on any atom is 0.172 e. The van der Waals surface area contributed by atoms with Gasteiger partial charge in [0.05, 0.1) is 24.5 Å². The van der Waals surface area contributed by atoms with Gasteiger partial charge < -0.3 is 9.26 Å². The maximum atomic E-state index is 10.8. The number of carbonyl (C=O) groups excluding carboxylic acids is 1. The van der Waals surface area contributed by atoms with Crippen LogP contribution in [0.25, 0.3) is 0 Å². The molecule has 2 heterocycles. The van der Waals surface area contributed by atoms with Crippen LogP contribution >= 0.6 is 0 Å². The highest BCUT2D eigenvalue weighted by atomic mass is 16.5. The number of hydrogen-bond donors (Lipinski definition) is 0. The van der Waals surface area contributed by atoms with Crippen LogP contribution in [-0.2, 0) is 17.9 Å². The zero-order chi connectivity index (χ0) is 13.1. The highest BCUT2D eigenvalue weighted by Gasteiger charge is 2.16. The van der Waals surface area contributed by atoms with Gasteiger partial charge in [-0.15, -0.1) is 5.10 Å². The Morgan fingerprint density at radius 3 is 2.78 bits per heavy atom. The predicted molar refractivity (Wildman–Crippen MR) is 61.2 cm³/mol. The first-order chi connectivity index (χ1) is 8.67. The molecule has 0 unspecified atom stereocenters. The van der Waals surface area contributed by atoms with E-state index in [1.54, 1.807) is 11.8 Å². The monoisotopic (exact) mass is 250 g/mol. The minimum absolute atomic E-state index is 0.282. The van der Waals surface area contributed by atoms with Crippen molar-refractivity contribution in [3.63, 3.8) is 0 Å². The normalized spacial score (nSPS) is 10.8. The average Bonchev–Trinajstić information content (AvgIpc) is 2.88. The Hall–Kier alpha value is -2.02. The van der Waals surface area contributed by atoms with Gasteiger partial charge in [0.15, 0.2) is 12.0 Å². The van der Waals surface area contributed by atoms with E-state index in [1.165, 1.54) is 0 Å². The fraction of sp³-hybridized carbons (Fsp3) is 0.455. The first-order valence-electron chi connectivity index (χ1n) is 5.45. The Morgan fingerprint density at radius 2 is 2.22 bits per heavy atom. The number of nitrogens with zero attached hydrogens (tertiary/aromatic N) is 4. The Balaban J connectivity index is 2.34. The van der Waals surface area contributed by atoms with Crippen LogP contribution < -0.4 is 0 Å². The van der Waals surface area contributed by atoms with Gasteiger partial charge in [0.2, 0.25) is 0 Å². The molecule has 0 aromatic carbocycles. The Labute approximate surface area is 104 Å². The quantitative estimate of drug-likeness (QED) is 0.733. The number of aromatic nitrogens is 4. The van der Waals surface area contributed by atoms with Crippen LogP contribution in [0.1, 0.15) is 33.2 Å². The van der Waals surface area contributed by atoms with Gasteiger partial charge in [0, 0.05) is 12.7 Å². The molecule has 0 spiro atoms. The summed E-state index contributed by atoms with van der Waals surface area (Å²) in [6.07, 6.45) is 0.672. The zero-order valence-electron chi connectivity index (χ0n) is 10.5. The summed E-state index contributed by atoms with van der Waals surface area (Å²) in [6, 6.07) is 0. The molecule has 7 heteroatoms. The molecule has 0 radical (unpaired) electrons. The summed E-state index contributed by atoms with van der Waals surface area (Å²) in [5, 5.41) is 11.6. The third-order valence-corrected chi connectivity index (χ3v) is 2.75. The molecular weight excluding hydrogens is 236 g/mol. The van der Waals surface area contributed by atoms with E-state index in [4.69, 9.17) is 9.26 Å². The molecule has 0 saturated heterocycles. The van der Waals surface area contributed by atoms with Gasteiger partial charge in [-0.1, -0.05) is 10.4 Å². The average molecular weight is 250 g/mol. The molecular formula is C11H14N4O3. The fourth-order valence-electron chi connectivity index (χ4n) is 1.73. The first kappa shape index (κ1) is 12.4. The van der Waals surface area contributed by atoms with E-state index in [-0.39, 0.29) is 6.61 Å². The van der Waals surface area contributed by atoms with Crippen molar-refractivity contribution >= 4 is 6.29 Å². The number of carbonyl (C=O) groups is 1.